The number of carboxylic acids is 1. The minimum atomic E-state index is -3.81. The molecule has 0 saturated carbocycles. The Bertz CT molecular complexity index is 635. The number of rotatable bonds is 6. The number of aliphatic carboxylic acids is 1. The molecule has 24 heavy (non-hydrogen) atoms. The van der Waals surface area contributed by atoms with E-state index in [2.05, 4.69) is 0 Å². The smallest absolute Gasteiger partial charge is 0.410 e. The van der Waals surface area contributed by atoms with Crippen LogP contribution >= 0.6 is 7.37 Å². The average molecular weight is 355 g/mol. The zero-order chi connectivity index (χ0) is 17.7. The van der Waals surface area contributed by atoms with Crippen LogP contribution in [0.1, 0.15) is 25.3 Å². The quantitative estimate of drug-likeness (QED) is 0.761. The molecule has 0 aromatic heterocycles. The van der Waals surface area contributed by atoms with Crippen LogP contribution in [0.3, 0.4) is 0 Å². The van der Waals surface area contributed by atoms with Crippen LogP contribution in [-0.2, 0) is 20.7 Å². The maximum Gasteiger partial charge on any atom is 0.410 e. The first-order valence-electron chi connectivity index (χ1n) is 7.83. The molecule has 3 atom stereocenters. The summed E-state index contributed by atoms with van der Waals surface area (Å²) in [5.41, 5.74) is 0.827. The van der Waals surface area contributed by atoms with Gasteiger partial charge >= 0.3 is 12.1 Å². The summed E-state index contributed by atoms with van der Waals surface area (Å²) >= 11 is 0. The lowest BCUT2D eigenvalue weighted by atomic mass is 10.2. The number of hydrogen-bond donors (Lipinski definition) is 2. The van der Waals surface area contributed by atoms with Gasteiger partial charge < -0.3 is 14.7 Å². The Balaban J connectivity index is 1.99. The van der Waals surface area contributed by atoms with Gasteiger partial charge in [-0.15, -0.1) is 0 Å². The molecule has 1 fully saturated rings. The molecule has 1 heterocycles. The monoisotopic (exact) mass is 355 g/mol. The number of carbonyl (C=O) groups excluding carboxylic acids is 1. The number of benzene rings is 1. The van der Waals surface area contributed by atoms with E-state index >= 15 is 0 Å². The summed E-state index contributed by atoms with van der Waals surface area (Å²) < 4.78 is 17.8. The van der Waals surface area contributed by atoms with Crippen LogP contribution in [-0.4, -0.2) is 45.5 Å². The highest BCUT2D eigenvalue weighted by Crippen LogP contribution is 2.53. The van der Waals surface area contributed by atoms with Crippen molar-refractivity contribution in [2.24, 2.45) is 5.92 Å². The van der Waals surface area contributed by atoms with E-state index in [9.17, 15) is 19.0 Å². The molecular formula is C16H22NO6P. The van der Waals surface area contributed by atoms with Gasteiger partial charge in [0.15, 0.2) is 0 Å². The van der Waals surface area contributed by atoms with Crippen molar-refractivity contribution in [3.8, 4) is 0 Å². The van der Waals surface area contributed by atoms with Crippen molar-refractivity contribution in [1.82, 2.24) is 4.90 Å². The van der Waals surface area contributed by atoms with Gasteiger partial charge in [0.05, 0.1) is 5.92 Å². The third kappa shape index (κ3) is 4.58. The summed E-state index contributed by atoms with van der Waals surface area (Å²) in [5, 5.41) is 8.94. The van der Waals surface area contributed by atoms with E-state index in [1.807, 2.05) is 30.3 Å². The number of nitrogens with zero attached hydrogens (tertiary/aromatic N) is 1. The lowest BCUT2D eigenvalue weighted by Gasteiger charge is -2.28. The molecule has 1 aliphatic rings. The number of amides is 1. The van der Waals surface area contributed by atoms with Gasteiger partial charge in [0, 0.05) is 12.7 Å². The topological polar surface area (TPSA) is 104 Å². The average Bonchev–Trinajstić information content (AvgIpc) is 3.03. The second-order valence-corrected chi connectivity index (χ2v) is 8.51. The van der Waals surface area contributed by atoms with Crippen LogP contribution < -0.4 is 0 Å². The fourth-order valence-electron chi connectivity index (χ4n) is 2.78. The van der Waals surface area contributed by atoms with Gasteiger partial charge in [0.25, 0.3) is 0 Å². The predicted octanol–water partition coefficient (Wildman–Crippen LogP) is 2.74. The second-order valence-electron chi connectivity index (χ2n) is 6.03. The number of likely N-dealkylation sites (tertiary alicyclic amines) is 1. The molecule has 1 amide bonds. The number of carbonyl (C=O) groups is 2. The lowest BCUT2D eigenvalue weighted by molar-refractivity contribution is -0.140. The van der Waals surface area contributed by atoms with Gasteiger partial charge in [-0.05, 0) is 18.4 Å². The zero-order valence-corrected chi connectivity index (χ0v) is 14.4. The fourth-order valence-corrected chi connectivity index (χ4v) is 5.19. The van der Waals surface area contributed by atoms with Crippen LogP contribution in [0.4, 0.5) is 4.79 Å². The van der Waals surface area contributed by atoms with Crippen LogP contribution in [0.2, 0.25) is 0 Å². The van der Waals surface area contributed by atoms with E-state index in [1.54, 1.807) is 0 Å². The molecule has 2 rings (SSSR count). The summed E-state index contributed by atoms with van der Waals surface area (Å²) in [6, 6.07) is 9.15. The van der Waals surface area contributed by atoms with Crippen molar-refractivity contribution in [3.05, 3.63) is 35.9 Å². The van der Waals surface area contributed by atoms with Gasteiger partial charge in [-0.2, -0.15) is 0 Å². The van der Waals surface area contributed by atoms with Crippen molar-refractivity contribution in [2.75, 3.05) is 12.7 Å². The molecule has 1 aromatic rings. The molecular weight excluding hydrogens is 333 g/mol. The predicted molar refractivity (Wildman–Crippen MR) is 87.8 cm³/mol. The third-order valence-electron chi connectivity index (χ3n) is 4.08. The van der Waals surface area contributed by atoms with E-state index in [0.29, 0.717) is 19.4 Å². The molecule has 132 valence electrons. The molecule has 7 nitrogen and oxygen atoms in total. The first-order chi connectivity index (χ1) is 11.3. The van der Waals surface area contributed by atoms with Crippen molar-refractivity contribution in [3.63, 3.8) is 0 Å². The number of hydrogen-bond acceptors (Lipinski definition) is 4. The Hall–Kier alpha value is -1.85. The van der Waals surface area contributed by atoms with Crippen molar-refractivity contribution < 1.29 is 28.9 Å². The Morgan fingerprint density at radius 3 is 2.67 bits per heavy atom. The normalized spacial score (nSPS) is 21.1. The Morgan fingerprint density at radius 1 is 1.38 bits per heavy atom. The summed E-state index contributed by atoms with van der Waals surface area (Å²) in [6.07, 6.45) is -0.0220. The third-order valence-corrected chi connectivity index (χ3v) is 6.62. The van der Waals surface area contributed by atoms with E-state index in [0.717, 1.165) is 5.56 Å². The van der Waals surface area contributed by atoms with Crippen LogP contribution in [0, 0.1) is 5.92 Å². The second kappa shape index (κ2) is 7.81. The molecule has 0 radical (unpaired) electrons. The standard InChI is InChI=1S/C16H22NO6P/c1-12(15(18)19)11-24(21,22)14-8-5-9-17(14)16(20)23-10-13-6-3-2-4-7-13/h2-4,6-7,12,14H,5,8-11H2,1H3,(H,18,19)(H,21,22)/t12-,14+/m1/s1. The van der Waals surface area contributed by atoms with Crippen LogP contribution in [0.5, 0.6) is 0 Å². The number of carboxylic acid groups (broad SMARTS) is 1. The van der Waals surface area contributed by atoms with Gasteiger partial charge in [-0.25, -0.2) is 4.79 Å². The summed E-state index contributed by atoms with van der Waals surface area (Å²) in [5.74, 6) is -2.94. The summed E-state index contributed by atoms with van der Waals surface area (Å²) in [7, 11) is -3.81. The van der Waals surface area contributed by atoms with Crippen molar-refractivity contribution in [2.45, 2.75) is 32.2 Å². The van der Waals surface area contributed by atoms with E-state index < -0.39 is 31.1 Å². The van der Waals surface area contributed by atoms with E-state index in [1.165, 1.54) is 11.8 Å². The number of ether oxygens (including phenoxy) is 1. The minimum absolute atomic E-state index is 0.0875. The molecule has 1 aromatic carbocycles. The first-order valence-corrected chi connectivity index (χ1v) is 9.74. The van der Waals surface area contributed by atoms with Crippen LogP contribution in [0.25, 0.3) is 0 Å². The molecule has 0 spiro atoms. The minimum Gasteiger partial charge on any atom is -0.481 e. The zero-order valence-electron chi connectivity index (χ0n) is 13.5. The summed E-state index contributed by atoms with van der Waals surface area (Å²) in [6.45, 7) is 1.81. The lowest BCUT2D eigenvalue weighted by Crippen LogP contribution is -2.37. The Morgan fingerprint density at radius 2 is 2.04 bits per heavy atom. The maximum atomic E-state index is 12.6. The molecule has 0 bridgehead atoms. The Kier molecular flexibility index (Phi) is 6.02. The molecule has 1 unspecified atom stereocenters. The van der Waals surface area contributed by atoms with Gasteiger partial charge in [-0.3, -0.25) is 14.3 Å². The van der Waals surface area contributed by atoms with E-state index in [4.69, 9.17) is 9.84 Å². The van der Waals surface area contributed by atoms with Crippen molar-refractivity contribution >= 4 is 19.4 Å². The van der Waals surface area contributed by atoms with Gasteiger partial charge in [0.1, 0.15) is 12.4 Å². The van der Waals surface area contributed by atoms with E-state index in [-0.39, 0.29) is 12.8 Å². The Labute approximate surface area is 140 Å². The first kappa shape index (κ1) is 18.5. The van der Waals surface area contributed by atoms with Crippen molar-refractivity contribution in [1.29, 1.82) is 0 Å². The highest BCUT2D eigenvalue weighted by molar-refractivity contribution is 7.58. The highest BCUT2D eigenvalue weighted by Gasteiger charge is 2.43. The highest BCUT2D eigenvalue weighted by atomic mass is 31.2. The fraction of sp³-hybridized carbons (Fsp3) is 0.500. The SMILES string of the molecule is C[C@H](CP(=O)(O)[C@H]1CCCN1C(=O)OCc1ccccc1)C(=O)O. The molecule has 1 saturated heterocycles. The molecule has 0 aliphatic carbocycles. The maximum absolute atomic E-state index is 12.6. The summed E-state index contributed by atoms with van der Waals surface area (Å²) in [4.78, 5) is 34.7. The van der Waals surface area contributed by atoms with Gasteiger partial charge in [0.2, 0.25) is 7.37 Å². The molecule has 1 aliphatic heterocycles. The van der Waals surface area contributed by atoms with Gasteiger partial charge in [-0.1, -0.05) is 37.3 Å². The largest absolute Gasteiger partial charge is 0.481 e. The molecule has 2 N–H and O–H groups in total. The van der Waals surface area contributed by atoms with Crippen LogP contribution in [0.15, 0.2) is 30.3 Å². The molecule has 8 heteroatoms.